The maximum absolute atomic E-state index is 13.0. The number of carboxylic acid groups (broad SMARTS) is 1. The Morgan fingerprint density at radius 3 is 2.18 bits per heavy atom. The van der Waals surface area contributed by atoms with Crippen LogP contribution in [0, 0.1) is 0 Å². The van der Waals surface area contributed by atoms with Crippen LogP contribution in [0.4, 0.5) is 4.79 Å². The molecule has 0 aromatic heterocycles. The molecule has 0 radical (unpaired) electrons. The van der Waals surface area contributed by atoms with Crippen LogP contribution in [0.25, 0.3) is 11.1 Å². The van der Waals surface area contributed by atoms with Crippen molar-refractivity contribution in [2.24, 2.45) is 0 Å². The fraction of sp³-hybridized carbons (Fsp3) is 0.444. The molecule has 0 saturated heterocycles. The molecule has 2 aliphatic rings. The van der Waals surface area contributed by atoms with Crippen LogP contribution in [-0.4, -0.2) is 41.3 Å². The number of carbonyl (C=O) groups excluding carboxylic acids is 2. The highest BCUT2D eigenvalue weighted by molar-refractivity contribution is 5.91. The van der Waals surface area contributed by atoms with Gasteiger partial charge in [-0.25, -0.2) is 9.59 Å². The lowest BCUT2D eigenvalue weighted by Gasteiger charge is -2.28. The van der Waals surface area contributed by atoms with Gasteiger partial charge in [0, 0.05) is 5.92 Å². The quantitative estimate of drug-likeness (QED) is 0.503. The van der Waals surface area contributed by atoms with E-state index in [9.17, 15) is 19.5 Å². The van der Waals surface area contributed by atoms with Crippen LogP contribution in [0.1, 0.15) is 68.9 Å². The minimum absolute atomic E-state index is 0.0742. The van der Waals surface area contributed by atoms with E-state index in [1.54, 1.807) is 0 Å². The Kier molecular flexibility index (Phi) is 7.20. The van der Waals surface area contributed by atoms with Gasteiger partial charge in [0.25, 0.3) is 0 Å². The third kappa shape index (κ3) is 4.79. The molecule has 2 aliphatic carbocycles. The normalized spacial score (nSPS) is 16.9. The predicted octanol–water partition coefficient (Wildman–Crippen LogP) is 4.60. The van der Waals surface area contributed by atoms with E-state index in [0.717, 1.165) is 47.9 Å². The van der Waals surface area contributed by atoms with Gasteiger partial charge >= 0.3 is 12.1 Å². The van der Waals surface area contributed by atoms with Crippen LogP contribution in [0.3, 0.4) is 0 Å². The summed E-state index contributed by atoms with van der Waals surface area (Å²) in [5.41, 5.74) is 3.26. The first kappa shape index (κ1) is 23.8. The Bertz CT molecular complexity index is 1010. The fourth-order valence-corrected chi connectivity index (χ4v) is 5.15. The summed E-state index contributed by atoms with van der Waals surface area (Å²) in [6, 6.07) is 15.3. The monoisotopic (exact) mass is 464 g/mol. The summed E-state index contributed by atoms with van der Waals surface area (Å²) in [7, 11) is 0. The molecule has 0 bridgehead atoms. The number of carbonyl (C=O) groups is 3. The second kappa shape index (κ2) is 10.3. The average Bonchev–Trinajstić information content (AvgIpc) is 3.44. The van der Waals surface area contributed by atoms with Gasteiger partial charge in [0.2, 0.25) is 5.91 Å². The number of amides is 2. The van der Waals surface area contributed by atoms with E-state index in [4.69, 9.17) is 4.74 Å². The molecule has 1 atom stereocenters. The first-order valence-corrected chi connectivity index (χ1v) is 12.1. The maximum atomic E-state index is 13.0. The minimum Gasteiger partial charge on any atom is -0.480 e. The number of nitrogens with one attached hydrogen (secondary N) is 2. The van der Waals surface area contributed by atoms with Gasteiger partial charge in [0.15, 0.2) is 0 Å². The molecule has 4 rings (SSSR count). The van der Waals surface area contributed by atoms with E-state index in [1.165, 1.54) is 0 Å². The van der Waals surface area contributed by atoms with Crippen molar-refractivity contribution in [1.29, 1.82) is 0 Å². The average molecular weight is 465 g/mol. The molecule has 2 amide bonds. The Labute approximate surface area is 199 Å². The molecule has 34 heavy (non-hydrogen) atoms. The van der Waals surface area contributed by atoms with Crippen LogP contribution < -0.4 is 10.6 Å². The Balaban J connectivity index is 1.42. The standard InChI is InChI=1S/C27H32N2O5/c1-2-3-14-23(24(30)29-27(25(31)32)15-8-9-16-27)28-26(33)34-17-22-20-12-6-4-10-18(20)19-11-5-7-13-21(19)22/h4-7,10-13,22-23H,2-3,8-9,14-17H2,1H3,(H,28,33)(H,29,30)(H,31,32). The largest absolute Gasteiger partial charge is 0.480 e. The lowest BCUT2D eigenvalue weighted by atomic mass is 9.96. The van der Waals surface area contributed by atoms with Crippen molar-refractivity contribution in [2.75, 3.05) is 6.61 Å². The van der Waals surface area contributed by atoms with Gasteiger partial charge in [-0.3, -0.25) is 4.79 Å². The summed E-state index contributed by atoms with van der Waals surface area (Å²) in [6.45, 7) is 2.15. The first-order chi connectivity index (χ1) is 16.4. The summed E-state index contributed by atoms with van der Waals surface area (Å²) >= 11 is 0. The molecule has 3 N–H and O–H groups in total. The Hall–Kier alpha value is -3.35. The number of benzene rings is 2. The molecule has 0 heterocycles. The first-order valence-electron chi connectivity index (χ1n) is 12.1. The van der Waals surface area contributed by atoms with Crippen LogP contribution in [-0.2, 0) is 14.3 Å². The van der Waals surface area contributed by atoms with Gasteiger partial charge < -0.3 is 20.5 Å². The molecule has 1 saturated carbocycles. The number of rotatable bonds is 9. The summed E-state index contributed by atoms with van der Waals surface area (Å²) in [5.74, 6) is -1.56. The highest BCUT2D eigenvalue weighted by Gasteiger charge is 2.43. The van der Waals surface area contributed by atoms with Gasteiger partial charge in [-0.05, 0) is 41.5 Å². The molecule has 0 spiro atoms. The van der Waals surface area contributed by atoms with Crippen molar-refractivity contribution >= 4 is 18.0 Å². The van der Waals surface area contributed by atoms with E-state index in [-0.39, 0.29) is 12.5 Å². The zero-order chi connectivity index (χ0) is 24.1. The van der Waals surface area contributed by atoms with Crippen LogP contribution in [0.5, 0.6) is 0 Å². The zero-order valence-electron chi connectivity index (χ0n) is 19.5. The van der Waals surface area contributed by atoms with E-state index < -0.39 is 29.6 Å². The summed E-state index contributed by atoms with van der Waals surface area (Å²) in [5, 5.41) is 15.1. The highest BCUT2D eigenvalue weighted by atomic mass is 16.5. The zero-order valence-corrected chi connectivity index (χ0v) is 19.5. The summed E-state index contributed by atoms with van der Waals surface area (Å²) < 4.78 is 5.60. The van der Waals surface area contributed by atoms with E-state index >= 15 is 0 Å². The van der Waals surface area contributed by atoms with Crippen molar-refractivity contribution in [2.45, 2.75) is 69.4 Å². The number of fused-ring (bicyclic) bond motifs is 3. The molecule has 2 aromatic carbocycles. The highest BCUT2D eigenvalue weighted by Crippen LogP contribution is 2.44. The molecular weight excluding hydrogens is 432 g/mol. The predicted molar refractivity (Wildman–Crippen MR) is 128 cm³/mol. The number of alkyl carbamates (subject to hydrolysis) is 1. The van der Waals surface area contributed by atoms with Gasteiger partial charge in [-0.2, -0.15) is 0 Å². The topological polar surface area (TPSA) is 105 Å². The molecule has 1 unspecified atom stereocenters. The van der Waals surface area contributed by atoms with Crippen molar-refractivity contribution in [1.82, 2.24) is 10.6 Å². The van der Waals surface area contributed by atoms with Crippen LogP contribution in [0.2, 0.25) is 0 Å². The molecule has 1 fully saturated rings. The van der Waals surface area contributed by atoms with Crippen molar-refractivity contribution < 1.29 is 24.2 Å². The van der Waals surface area contributed by atoms with Gasteiger partial charge in [0.05, 0.1) is 0 Å². The van der Waals surface area contributed by atoms with Gasteiger partial charge in [-0.15, -0.1) is 0 Å². The number of hydrogen-bond acceptors (Lipinski definition) is 4. The van der Waals surface area contributed by atoms with E-state index in [0.29, 0.717) is 19.3 Å². The SMILES string of the molecule is CCCCC(NC(=O)OCC1c2ccccc2-c2ccccc21)C(=O)NC1(C(=O)O)CCCC1. The molecule has 7 heteroatoms. The number of carboxylic acids is 1. The lowest BCUT2D eigenvalue weighted by Crippen LogP contribution is -2.58. The Morgan fingerprint density at radius 2 is 1.62 bits per heavy atom. The minimum atomic E-state index is -1.25. The van der Waals surface area contributed by atoms with E-state index in [2.05, 4.69) is 22.8 Å². The molecule has 180 valence electrons. The summed E-state index contributed by atoms with van der Waals surface area (Å²) in [6.07, 6.45) is 3.63. The van der Waals surface area contributed by atoms with Crippen molar-refractivity contribution in [3.8, 4) is 11.1 Å². The number of aliphatic carboxylic acids is 1. The number of hydrogen-bond donors (Lipinski definition) is 3. The van der Waals surface area contributed by atoms with Gasteiger partial charge in [-0.1, -0.05) is 81.1 Å². The summed E-state index contributed by atoms with van der Waals surface area (Å²) in [4.78, 5) is 37.6. The third-order valence-electron chi connectivity index (χ3n) is 7.03. The molecule has 7 nitrogen and oxygen atoms in total. The second-order valence-electron chi connectivity index (χ2n) is 9.25. The van der Waals surface area contributed by atoms with Crippen LogP contribution >= 0.6 is 0 Å². The second-order valence-corrected chi connectivity index (χ2v) is 9.25. The Morgan fingerprint density at radius 1 is 1.03 bits per heavy atom. The maximum Gasteiger partial charge on any atom is 0.407 e. The van der Waals surface area contributed by atoms with Crippen molar-refractivity contribution in [3.05, 3.63) is 59.7 Å². The van der Waals surface area contributed by atoms with E-state index in [1.807, 2.05) is 43.3 Å². The molecule has 0 aliphatic heterocycles. The van der Waals surface area contributed by atoms with Crippen LogP contribution in [0.15, 0.2) is 48.5 Å². The number of ether oxygens (including phenoxy) is 1. The smallest absolute Gasteiger partial charge is 0.407 e. The molecular formula is C27H32N2O5. The lowest BCUT2D eigenvalue weighted by molar-refractivity contribution is -0.147. The third-order valence-corrected chi connectivity index (χ3v) is 7.03. The van der Waals surface area contributed by atoms with Crippen molar-refractivity contribution in [3.63, 3.8) is 0 Å². The fourth-order valence-electron chi connectivity index (χ4n) is 5.15. The molecule has 2 aromatic rings. The van der Waals surface area contributed by atoms with Gasteiger partial charge in [0.1, 0.15) is 18.2 Å². The number of unbranched alkanes of at least 4 members (excludes halogenated alkanes) is 1.